The van der Waals surface area contributed by atoms with Gasteiger partial charge in [-0.25, -0.2) is 0 Å². The van der Waals surface area contributed by atoms with E-state index in [1.807, 2.05) is 11.8 Å². The summed E-state index contributed by atoms with van der Waals surface area (Å²) in [6.07, 6.45) is 2.50. The zero-order chi connectivity index (χ0) is 10.8. The Morgan fingerprint density at radius 3 is 3.20 bits per heavy atom. The second-order valence-electron chi connectivity index (χ2n) is 4.00. The van der Waals surface area contributed by atoms with Crippen LogP contribution in [0.3, 0.4) is 0 Å². The average molecular weight is 210 g/mol. The lowest BCUT2D eigenvalue weighted by Crippen LogP contribution is -2.38. The summed E-state index contributed by atoms with van der Waals surface area (Å²) >= 11 is 0. The van der Waals surface area contributed by atoms with Crippen LogP contribution in [0.4, 0.5) is 0 Å². The van der Waals surface area contributed by atoms with E-state index in [0.717, 1.165) is 18.7 Å². The number of aromatic nitrogens is 1. The first kappa shape index (κ1) is 10.2. The van der Waals surface area contributed by atoms with Gasteiger partial charge in [0.2, 0.25) is 0 Å². The molecule has 2 heterocycles. The molecule has 1 saturated heterocycles. The highest BCUT2D eigenvalue weighted by Gasteiger charge is 2.36. The van der Waals surface area contributed by atoms with E-state index in [2.05, 4.69) is 5.16 Å². The molecule has 0 aromatic carbocycles. The van der Waals surface area contributed by atoms with Crippen LogP contribution < -0.4 is 0 Å². The number of nitrogens with zero attached hydrogens (tertiary/aromatic N) is 2. The molecule has 82 valence electrons. The zero-order valence-corrected chi connectivity index (χ0v) is 8.59. The van der Waals surface area contributed by atoms with Crippen molar-refractivity contribution in [3.05, 3.63) is 18.0 Å². The molecule has 2 rings (SSSR count). The minimum absolute atomic E-state index is 0.199. The molecule has 2 unspecified atom stereocenters. The van der Waals surface area contributed by atoms with E-state index in [1.165, 1.54) is 0 Å². The third-order valence-electron chi connectivity index (χ3n) is 2.91. The van der Waals surface area contributed by atoms with E-state index in [0.29, 0.717) is 6.54 Å². The van der Waals surface area contributed by atoms with Crippen LogP contribution in [0, 0.1) is 5.92 Å². The molecule has 0 amide bonds. The van der Waals surface area contributed by atoms with Crippen LogP contribution in [0.25, 0.3) is 0 Å². The fourth-order valence-corrected chi connectivity index (χ4v) is 2.13. The Morgan fingerprint density at radius 1 is 1.80 bits per heavy atom. The summed E-state index contributed by atoms with van der Waals surface area (Å²) in [4.78, 5) is 13.0. The first-order valence-electron chi connectivity index (χ1n) is 5.05. The third kappa shape index (κ3) is 2.02. The van der Waals surface area contributed by atoms with E-state index >= 15 is 0 Å². The summed E-state index contributed by atoms with van der Waals surface area (Å²) in [5.41, 5.74) is 0. The van der Waals surface area contributed by atoms with E-state index in [-0.39, 0.29) is 5.92 Å². The second-order valence-corrected chi connectivity index (χ2v) is 4.00. The number of likely N-dealkylation sites (tertiary alicyclic amines) is 1. The fourth-order valence-electron chi connectivity index (χ4n) is 2.13. The van der Waals surface area contributed by atoms with Crippen LogP contribution in [-0.2, 0) is 11.3 Å². The largest absolute Gasteiger partial charge is 0.480 e. The average Bonchev–Trinajstić information content (AvgIpc) is 2.76. The molecule has 0 bridgehead atoms. The van der Waals surface area contributed by atoms with Crippen LogP contribution in [-0.4, -0.2) is 33.7 Å². The van der Waals surface area contributed by atoms with Gasteiger partial charge in [0.05, 0.1) is 12.7 Å². The summed E-state index contributed by atoms with van der Waals surface area (Å²) in [6.45, 7) is 3.30. The highest BCUT2D eigenvalue weighted by atomic mass is 16.5. The molecule has 1 aromatic heterocycles. The highest BCUT2D eigenvalue weighted by Crippen LogP contribution is 2.25. The summed E-state index contributed by atoms with van der Waals surface area (Å²) in [6, 6.07) is 1.37. The second kappa shape index (κ2) is 4.02. The van der Waals surface area contributed by atoms with Crippen LogP contribution in [0.5, 0.6) is 0 Å². The molecule has 1 aliphatic rings. The molecule has 5 heteroatoms. The van der Waals surface area contributed by atoms with Gasteiger partial charge in [-0.3, -0.25) is 9.69 Å². The van der Waals surface area contributed by atoms with Gasteiger partial charge >= 0.3 is 5.97 Å². The molecule has 0 saturated carbocycles. The predicted octanol–water partition coefficient (Wildman–Crippen LogP) is 0.970. The molecule has 1 N–H and O–H groups in total. The summed E-state index contributed by atoms with van der Waals surface area (Å²) in [5.74, 6) is 0.167. The number of aliphatic carboxylic acids is 1. The van der Waals surface area contributed by atoms with Crippen molar-refractivity contribution in [1.82, 2.24) is 10.1 Å². The molecule has 1 aliphatic heterocycles. The Kier molecular flexibility index (Phi) is 2.73. The molecule has 0 aliphatic carbocycles. The van der Waals surface area contributed by atoms with Crippen LogP contribution in [0.15, 0.2) is 16.8 Å². The Bertz CT molecular complexity index is 336. The molecule has 2 atom stereocenters. The van der Waals surface area contributed by atoms with Crippen LogP contribution in [0.2, 0.25) is 0 Å². The topological polar surface area (TPSA) is 66.6 Å². The number of hydrogen-bond donors (Lipinski definition) is 1. The minimum atomic E-state index is -0.750. The molecule has 1 fully saturated rings. The van der Waals surface area contributed by atoms with Crippen LogP contribution >= 0.6 is 0 Å². The standard InChI is InChI=1S/C10H14N2O3/c1-7-3-5-12(9(7)10(13)14)6-8-2-4-11-15-8/h2,4,7,9H,3,5-6H2,1H3,(H,13,14). The normalized spacial score (nSPS) is 27.0. The molecule has 0 spiro atoms. The van der Waals surface area contributed by atoms with Gasteiger partial charge < -0.3 is 9.63 Å². The Labute approximate surface area is 87.7 Å². The number of carbonyl (C=O) groups is 1. The fraction of sp³-hybridized carbons (Fsp3) is 0.600. The van der Waals surface area contributed by atoms with Crippen molar-refractivity contribution in [2.75, 3.05) is 6.54 Å². The van der Waals surface area contributed by atoms with Crippen molar-refractivity contribution in [3.8, 4) is 0 Å². The number of carboxylic acid groups (broad SMARTS) is 1. The SMILES string of the molecule is CC1CCN(Cc2ccno2)C1C(=O)O. The lowest BCUT2D eigenvalue weighted by Gasteiger charge is -2.21. The molecule has 1 aromatic rings. The van der Waals surface area contributed by atoms with Crippen LogP contribution in [0.1, 0.15) is 19.1 Å². The van der Waals surface area contributed by atoms with Gasteiger partial charge in [-0.1, -0.05) is 12.1 Å². The van der Waals surface area contributed by atoms with Crippen molar-refractivity contribution in [3.63, 3.8) is 0 Å². The molecule has 5 nitrogen and oxygen atoms in total. The molecular weight excluding hydrogens is 196 g/mol. The Balaban J connectivity index is 2.06. The molecule has 15 heavy (non-hydrogen) atoms. The van der Waals surface area contributed by atoms with Gasteiger partial charge in [-0.15, -0.1) is 0 Å². The maximum absolute atomic E-state index is 11.1. The van der Waals surface area contributed by atoms with Crippen molar-refractivity contribution in [1.29, 1.82) is 0 Å². The monoisotopic (exact) mass is 210 g/mol. The first-order valence-corrected chi connectivity index (χ1v) is 5.05. The van der Waals surface area contributed by atoms with Crippen molar-refractivity contribution in [2.45, 2.75) is 25.9 Å². The lowest BCUT2D eigenvalue weighted by atomic mass is 10.0. The highest BCUT2D eigenvalue weighted by molar-refractivity contribution is 5.74. The zero-order valence-electron chi connectivity index (χ0n) is 8.59. The van der Waals surface area contributed by atoms with Gasteiger partial charge in [0.25, 0.3) is 0 Å². The van der Waals surface area contributed by atoms with Crippen molar-refractivity contribution in [2.24, 2.45) is 5.92 Å². The van der Waals surface area contributed by atoms with Gasteiger partial charge in [-0.05, 0) is 18.9 Å². The molecular formula is C10H14N2O3. The van der Waals surface area contributed by atoms with Gasteiger partial charge in [-0.2, -0.15) is 0 Å². The van der Waals surface area contributed by atoms with E-state index in [9.17, 15) is 4.79 Å². The third-order valence-corrected chi connectivity index (χ3v) is 2.91. The molecule has 0 radical (unpaired) electrons. The van der Waals surface area contributed by atoms with Crippen molar-refractivity contribution >= 4 is 5.97 Å². The minimum Gasteiger partial charge on any atom is -0.480 e. The Hall–Kier alpha value is -1.36. The number of rotatable bonds is 3. The quantitative estimate of drug-likeness (QED) is 0.805. The van der Waals surface area contributed by atoms with E-state index < -0.39 is 12.0 Å². The van der Waals surface area contributed by atoms with E-state index in [4.69, 9.17) is 9.63 Å². The lowest BCUT2D eigenvalue weighted by molar-refractivity contribution is -0.143. The summed E-state index contributed by atoms with van der Waals surface area (Å²) in [7, 11) is 0. The van der Waals surface area contributed by atoms with Gasteiger partial charge in [0.15, 0.2) is 5.76 Å². The Morgan fingerprint density at radius 2 is 2.60 bits per heavy atom. The number of hydrogen-bond acceptors (Lipinski definition) is 4. The first-order chi connectivity index (χ1) is 7.18. The summed E-state index contributed by atoms with van der Waals surface area (Å²) in [5, 5.41) is 12.7. The maximum atomic E-state index is 11.1. The maximum Gasteiger partial charge on any atom is 0.321 e. The van der Waals surface area contributed by atoms with E-state index in [1.54, 1.807) is 12.3 Å². The smallest absolute Gasteiger partial charge is 0.321 e. The summed E-state index contributed by atoms with van der Waals surface area (Å²) < 4.78 is 4.97. The predicted molar refractivity (Wildman–Crippen MR) is 52.1 cm³/mol. The number of carboxylic acids is 1. The van der Waals surface area contributed by atoms with Gasteiger partial charge in [0, 0.05) is 6.07 Å². The van der Waals surface area contributed by atoms with Crippen molar-refractivity contribution < 1.29 is 14.4 Å². The van der Waals surface area contributed by atoms with Gasteiger partial charge in [0.1, 0.15) is 6.04 Å².